The van der Waals surface area contributed by atoms with E-state index in [9.17, 15) is 9.59 Å². The van der Waals surface area contributed by atoms with Crippen LogP contribution in [0.3, 0.4) is 0 Å². The van der Waals surface area contributed by atoms with Crippen molar-refractivity contribution in [2.45, 2.75) is 19.6 Å². The molecule has 8 nitrogen and oxygen atoms in total. The molecule has 0 fully saturated rings. The molecule has 1 heterocycles. The first-order chi connectivity index (χ1) is 16.5. The van der Waals surface area contributed by atoms with E-state index >= 15 is 0 Å². The molecular formula is C25H21ClN4O4. The fourth-order valence-electron chi connectivity index (χ4n) is 3.02. The molecule has 1 atom stereocenters. The van der Waals surface area contributed by atoms with Crippen molar-refractivity contribution in [3.63, 3.8) is 0 Å². The molecule has 172 valence electrons. The van der Waals surface area contributed by atoms with E-state index in [1.807, 2.05) is 6.07 Å². The molecule has 0 spiro atoms. The molecule has 2 amide bonds. The summed E-state index contributed by atoms with van der Waals surface area (Å²) in [5.74, 6) is 0.494. The van der Waals surface area contributed by atoms with Gasteiger partial charge in [-0.25, -0.2) is 0 Å². The van der Waals surface area contributed by atoms with E-state index in [1.54, 1.807) is 79.7 Å². The Bertz CT molecular complexity index is 1280. The second kappa shape index (κ2) is 10.6. The Hall–Kier alpha value is -4.17. The fourth-order valence-corrected chi connectivity index (χ4v) is 3.14. The predicted molar refractivity (Wildman–Crippen MR) is 128 cm³/mol. The molecule has 0 saturated heterocycles. The second-order valence-electron chi connectivity index (χ2n) is 7.37. The number of halogens is 1. The van der Waals surface area contributed by atoms with Gasteiger partial charge >= 0.3 is 0 Å². The van der Waals surface area contributed by atoms with Crippen molar-refractivity contribution < 1.29 is 18.7 Å². The van der Waals surface area contributed by atoms with Crippen LogP contribution in [0.15, 0.2) is 83.3 Å². The summed E-state index contributed by atoms with van der Waals surface area (Å²) in [6.45, 7) is 1.67. The summed E-state index contributed by atoms with van der Waals surface area (Å²) in [6, 6.07) is 21.9. The van der Waals surface area contributed by atoms with Crippen molar-refractivity contribution in [1.29, 1.82) is 0 Å². The third-order valence-electron chi connectivity index (χ3n) is 4.80. The highest BCUT2D eigenvalue weighted by molar-refractivity contribution is 6.30. The van der Waals surface area contributed by atoms with E-state index < -0.39 is 6.04 Å². The molecule has 0 saturated carbocycles. The zero-order chi connectivity index (χ0) is 23.9. The van der Waals surface area contributed by atoms with Crippen LogP contribution in [0.1, 0.15) is 23.2 Å². The summed E-state index contributed by atoms with van der Waals surface area (Å²) >= 11 is 5.90. The predicted octanol–water partition coefficient (Wildman–Crippen LogP) is 4.73. The lowest BCUT2D eigenvalue weighted by Gasteiger charge is -2.14. The van der Waals surface area contributed by atoms with Gasteiger partial charge in [0.1, 0.15) is 11.8 Å². The summed E-state index contributed by atoms with van der Waals surface area (Å²) in [7, 11) is 0. The maximum atomic E-state index is 12.5. The second-order valence-corrected chi connectivity index (χ2v) is 7.81. The average Bonchev–Trinajstić information content (AvgIpc) is 3.33. The number of anilines is 1. The van der Waals surface area contributed by atoms with E-state index in [1.165, 1.54) is 0 Å². The van der Waals surface area contributed by atoms with Gasteiger partial charge in [-0.3, -0.25) is 9.59 Å². The van der Waals surface area contributed by atoms with Crippen LogP contribution >= 0.6 is 11.6 Å². The molecule has 3 aromatic carbocycles. The van der Waals surface area contributed by atoms with Crippen LogP contribution < -0.4 is 15.4 Å². The first-order valence-corrected chi connectivity index (χ1v) is 10.8. The number of amides is 2. The number of hydrogen-bond acceptors (Lipinski definition) is 6. The normalized spacial score (nSPS) is 11.5. The van der Waals surface area contributed by atoms with Gasteiger partial charge in [-0.05, 0) is 55.5 Å². The lowest BCUT2D eigenvalue weighted by atomic mass is 10.2. The highest BCUT2D eigenvalue weighted by atomic mass is 35.5. The number of benzene rings is 3. The number of hydrogen-bond donors (Lipinski definition) is 2. The zero-order valence-electron chi connectivity index (χ0n) is 18.2. The maximum Gasteiger partial charge on any atom is 0.254 e. The van der Waals surface area contributed by atoms with E-state index in [-0.39, 0.29) is 18.4 Å². The largest absolute Gasteiger partial charge is 0.484 e. The maximum absolute atomic E-state index is 12.5. The number of ether oxygens (including phenoxy) is 1. The molecule has 34 heavy (non-hydrogen) atoms. The van der Waals surface area contributed by atoms with Crippen LogP contribution in [0, 0.1) is 0 Å². The Morgan fingerprint density at radius 2 is 1.76 bits per heavy atom. The van der Waals surface area contributed by atoms with Gasteiger partial charge in [0.2, 0.25) is 11.8 Å². The fraction of sp³-hybridized carbons (Fsp3) is 0.120. The molecule has 0 aliphatic carbocycles. The Labute approximate surface area is 200 Å². The Morgan fingerprint density at radius 1 is 1.00 bits per heavy atom. The highest BCUT2D eigenvalue weighted by Gasteiger charge is 2.17. The molecule has 0 aliphatic heterocycles. The third-order valence-corrected chi connectivity index (χ3v) is 5.05. The third kappa shape index (κ3) is 5.99. The number of aromatic nitrogens is 2. The van der Waals surface area contributed by atoms with Gasteiger partial charge < -0.3 is 19.8 Å². The number of carbonyl (C=O) groups is 2. The van der Waals surface area contributed by atoms with Crippen LogP contribution in [-0.4, -0.2) is 28.1 Å². The van der Waals surface area contributed by atoms with E-state index in [0.717, 1.165) is 5.56 Å². The lowest BCUT2D eigenvalue weighted by molar-refractivity contribution is -0.117. The van der Waals surface area contributed by atoms with Crippen molar-refractivity contribution in [3.8, 4) is 17.2 Å². The summed E-state index contributed by atoms with van der Waals surface area (Å²) in [4.78, 5) is 24.8. The Kier molecular flexibility index (Phi) is 7.19. The summed E-state index contributed by atoms with van der Waals surface area (Å²) < 4.78 is 11.4. The van der Waals surface area contributed by atoms with Crippen molar-refractivity contribution in [2.24, 2.45) is 0 Å². The van der Waals surface area contributed by atoms with Crippen molar-refractivity contribution in [1.82, 2.24) is 15.5 Å². The van der Waals surface area contributed by atoms with Gasteiger partial charge in [0.05, 0.1) is 0 Å². The van der Waals surface area contributed by atoms with Crippen molar-refractivity contribution in [3.05, 3.63) is 95.3 Å². The number of rotatable bonds is 8. The molecule has 1 unspecified atom stereocenters. The summed E-state index contributed by atoms with van der Waals surface area (Å²) in [6.07, 6.45) is 0. The van der Waals surface area contributed by atoms with E-state index in [2.05, 4.69) is 20.8 Å². The first kappa shape index (κ1) is 23.0. The number of nitrogens with one attached hydrogen (secondary N) is 2. The average molecular weight is 477 g/mol. The molecule has 0 radical (unpaired) electrons. The summed E-state index contributed by atoms with van der Waals surface area (Å²) in [5.41, 5.74) is 1.76. The standard InChI is InChI=1S/C25H21ClN4O4/c1-16(27-24(32)17-6-3-2-4-7-17)23(31)28-20-8-5-9-21(14-20)33-15-22-29-30-25(34-22)18-10-12-19(26)13-11-18/h2-14,16H,15H2,1H3,(H,27,32)(H,28,31). The van der Waals surface area contributed by atoms with Gasteiger partial charge in [-0.2, -0.15) is 0 Å². The molecular weight excluding hydrogens is 456 g/mol. The van der Waals surface area contributed by atoms with Crippen LogP contribution in [0.5, 0.6) is 5.75 Å². The Balaban J connectivity index is 1.32. The van der Waals surface area contributed by atoms with Gasteiger partial charge in [0.25, 0.3) is 11.8 Å². The highest BCUT2D eigenvalue weighted by Crippen LogP contribution is 2.22. The smallest absolute Gasteiger partial charge is 0.254 e. The minimum absolute atomic E-state index is 0.0571. The SMILES string of the molecule is CC(NC(=O)c1ccccc1)C(=O)Nc1cccc(OCc2nnc(-c3ccc(Cl)cc3)o2)c1. The lowest BCUT2D eigenvalue weighted by Crippen LogP contribution is -2.41. The van der Waals surface area contributed by atoms with E-state index in [4.69, 9.17) is 20.8 Å². The van der Waals surface area contributed by atoms with Gasteiger partial charge in [0, 0.05) is 27.9 Å². The zero-order valence-corrected chi connectivity index (χ0v) is 19.0. The van der Waals surface area contributed by atoms with Crippen LogP contribution in [0.4, 0.5) is 5.69 Å². The van der Waals surface area contributed by atoms with Gasteiger partial charge in [-0.15, -0.1) is 10.2 Å². The molecule has 0 bridgehead atoms. The first-order valence-electron chi connectivity index (χ1n) is 10.5. The number of nitrogens with zero attached hydrogens (tertiary/aromatic N) is 2. The Morgan fingerprint density at radius 3 is 2.53 bits per heavy atom. The quantitative estimate of drug-likeness (QED) is 0.381. The van der Waals surface area contributed by atoms with Crippen molar-refractivity contribution in [2.75, 3.05) is 5.32 Å². The van der Waals surface area contributed by atoms with Crippen LogP contribution in [0.2, 0.25) is 5.02 Å². The monoisotopic (exact) mass is 476 g/mol. The minimum Gasteiger partial charge on any atom is -0.484 e. The molecule has 9 heteroatoms. The topological polar surface area (TPSA) is 106 Å². The summed E-state index contributed by atoms with van der Waals surface area (Å²) in [5, 5.41) is 14.1. The van der Waals surface area contributed by atoms with Crippen LogP contribution in [0.25, 0.3) is 11.5 Å². The minimum atomic E-state index is -0.734. The van der Waals surface area contributed by atoms with Crippen molar-refractivity contribution >= 4 is 29.1 Å². The van der Waals surface area contributed by atoms with Gasteiger partial charge in [0.15, 0.2) is 6.61 Å². The van der Waals surface area contributed by atoms with Gasteiger partial charge in [-0.1, -0.05) is 35.9 Å². The van der Waals surface area contributed by atoms with E-state index in [0.29, 0.717) is 33.8 Å². The molecule has 4 rings (SSSR count). The molecule has 4 aromatic rings. The number of carbonyl (C=O) groups excluding carboxylic acids is 2. The van der Waals surface area contributed by atoms with Crippen LogP contribution in [-0.2, 0) is 11.4 Å². The molecule has 0 aliphatic rings. The molecule has 1 aromatic heterocycles. The molecule has 2 N–H and O–H groups in total.